The molecule has 0 aromatic carbocycles. The van der Waals surface area contributed by atoms with Crippen molar-refractivity contribution in [2.75, 3.05) is 0 Å². The van der Waals surface area contributed by atoms with Crippen LogP contribution in [-0.4, -0.2) is 5.71 Å². The summed E-state index contributed by atoms with van der Waals surface area (Å²) in [6.45, 7) is 5.84. The van der Waals surface area contributed by atoms with Gasteiger partial charge in [0.1, 0.15) is 0 Å². The molecule has 0 aliphatic carbocycles. The van der Waals surface area contributed by atoms with Gasteiger partial charge in [0, 0.05) is 5.71 Å². The zero-order chi connectivity index (χ0) is 7.11. The van der Waals surface area contributed by atoms with Gasteiger partial charge in [-0.25, -0.2) is 0 Å². The lowest BCUT2D eigenvalue weighted by Gasteiger charge is -1.97. The number of unbranched alkanes of at least 4 members (excludes halogenated alkanes) is 1. The predicted octanol–water partition coefficient (Wildman–Crippen LogP) is 2.81. The highest BCUT2D eigenvalue weighted by Gasteiger charge is 1.92. The molecule has 1 radical (unpaired) electrons. The third-order valence-corrected chi connectivity index (χ3v) is 1.31. The average Bonchev–Trinajstić information content (AvgIpc) is 1.85. The first-order valence-electron chi connectivity index (χ1n) is 3.66. The van der Waals surface area contributed by atoms with E-state index in [1.54, 1.807) is 0 Å². The van der Waals surface area contributed by atoms with Crippen LogP contribution in [0, 0.1) is 12.3 Å². The summed E-state index contributed by atoms with van der Waals surface area (Å²) in [7, 11) is 0. The van der Waals surface area contributed by atoms with Gasteiger partial charge in [0.2, 0.25) is 0 Å². The molecule has 1 nitrogen and oxygen atoms in total. The Kier molecular flexibility index (Phi) is 5.59. The molecule has 53 valence electrons. The number of hydrogen-bond donors (Lipinski definition) is 1. The fraction of sp³-hybridized carbons (Fsp3) is 0.750. The Morgan fingerprint density at radius 3 is 2.56 bits per heavy atom. The second-order valence-corrected chi connectivity index (χ2v) is 2.31. The van der Waals surface area contributed by atoms with E-state index in [1.807, 2.05) is 0 Å². The molecular weight excluding hydrogens is 110 g/mol. The quantitative estimate of drug-likeness (QED) is 0.548. The van der Waals surface area contributed by atoms with Gasteiger partial charge >= 0.3 is 0 Å². The van der Waals surface area contributed by atoms with Gasteiger partial charge in [0.05, 0.1) is 0 Å². The minimum Gasteiger partial charge on any atom is -0.310 e. The third-order valence-electron chi connectivity index (χ3n) is 1.31. The van der Waals surface area contributed by atoms with Gasteiger partial charge in [-0.1, -0.05) is 20.3 Å². The molecule has 0 bridgehead atoms. The summed E-state index contributed by atoms with van der Waals surface area (Å²) in [4.78, 5) is 0. The second kappa shape index (κ2) is 5.80. The van der Waals surface area contributed by atoms with Crippen LogP contribution < -0.4 is 0 Å². The van der Waals surface area contributed by atoms with E-state index in [1.165, 1.54) is 12.8 Å². The van der Waals surface area contributed by atoms with Gasteiger partial charge in [-0.05, 0) is 25.7 Å². The number of rotatable bonds is 5. The van der Waals surface area contributed by atoms with Crippen LogP contribution in [0.15, 0.2) is 0 Å². The van der Waals surface area contributed by atoms with Crippen molar-refractivity contribution >= 4 is 5.71 Å². The molecule has 0 aromatic heterocycles. The Morgan fingerprint density at radius 1 is 1.44 bits per heavy atom. The zero-order valence-corrected chi connectivity index (χ0v) is 6.24. The predicted molar refractivity (Wildman–Crippen MR) is 41.8 cm³/mol. The molecule has 1 N–H and O–H groups in total. The second-order valence-electron chi connectivity index (χ2n) is 2.31. The first-order valence-corrected chi connectivity index (χ1v) is 3.66. The smallest absolute Gasteiger partial charge is 0.00891 e. The van der Waals surface area contributed by atoms with Crippen LogP contribution in [0.5, 0.6) is 0 Å². The molecule has 0 heterocycles. The molecule has 0 amide bonds. The molecule has 0 aliphatic heterocycles. The number of nitrogens with one attached hydrogen (secondary N) is 1. The van der Waals surface area contributed by atoms with Crippen molar-refractivity contribution in [1.82, 2.24) is 0 Å². The standard InChI is InChI=1S/C8H16N/c1-3-5-7-8(9)6-4-2/h9H,2-7H2,1H3. The summed E-state index contributed by atoms with van der Waals surface area (Å²) >= 11 is 0. The summed E-state index contributed by atoms with van der Waals surface area (Å²) in [5.74, 6) is 0. The molecular formula is C8H16N. The Bertz CT molecular complexity index is 76.6. The van der Waals surface area contributed by atoms with Crippen LogP contribution >= 0.6 is 0 Å². The number of hydrogen-bond acceptors (Lipinski definition) is 1. The highest BCUT2D eigenvalue weighted by molar-refractivity contribution is 5.81. The molecule has 0 spiro atoms. The van der Waals surface area contributed by atoms with Crippen molar-refractivity contribution in [3.05, 3.63) is 6.92 Å². The summed E-state index contributed by atoms with van der Waals surface area (Å²) < 4.78 is 0. The van der Waals surface area contributed by atoms with Gasteiger partial charge in [0.25, 0.3) is 0 Å². The van der Waals surface area contributed by atoms with E-state index in [9.17, 15) is 0 Å². The highest BCUT2D eigenvalue weighted by atomic mass is 14.4. The zero-order valence-electron chi connectivity index (χ0n) is 6.24. The highest BCUT2D eigenvalue weighted by Crippen LogP contribution is 1.99. The topological polar surface area (TPSA) is 23.9 Å². The Morgan fingerprint density at radius 2 is 2.11 bits per heavy atom. The van der Waals surface area contributed by atoms with Gasteiger partial charge < -0.3 is 5.41 Å². The summed E-state index contributed by atoms with van der Waals surface area (Å²) in [5, 5.41) is 7.35. The molecule has 0 aliphatic rings. The Hall–Kier alpha value is -0.330. The van der Waals surface area contributed by atoms with Crippen molar-refractivity contribution in [2.24, 2.45) is 0 Å². The lowest BCUT2D eigenvalue weighted by molar-refractivity contribution is 0.817. The van der Waals surface area contributed by atoms with E-state index in [2.05, 4.69) is 13.8 Å². The van der Waals surface area contributed by atoms with Crippen molar-refractivity contribution in [1.29, 1.82) is 5.41 Å². The van der Waals surface area contributed by atoms with Crippen LogP contribution in [-0.2, 0) is 0 Å². The first-order chi connectivity index (χ1) is 4.31. The maximum absolute atomic E-state index is 7.35. The summed E-state index contributed by atoms with van der Waals surface area (Å²) in [6.07, 6.45) is 5.10. The fourth-order valence-electron chi connectivity index (χ4n) is 0.729. The minimum atomic E-state index is 0.867. The van der Waals surface area contributed by atoms with Gasteiger partial charge in [0.15, 0.2) is 0 Å². The van der Waals surface area contributed by atoms with Gasteiger partial charge in [-0.15, -0.1) is 0 Å². The Labute approximate surface area is 58.0 Å². The van der Waals surface area contributed by atoms with Crippen molar-refractivity contribution in [3.8, 4) is 0 Å². The molecule has 1 heteroatoms. The lowest BCUT2D eigenvalue weighted by Crippen LogP contribution is -1.93. The average molecular weight is 126 g/mol. The molecule has 0 saturated carbocycles. The molecule has 0 atom stereocenters. The molecule has 9 heavy (non-hydrogen) atoms. The van der Waals surface area contributed by atoms with E-state index in [0.717, 1.165) is 25.0 Å². The van der Waals surface area contributed by atoms with E-state index >= 15 is 0 Å². The van der Waals surface area contributed by atoms with Crippen molar-refractivity contribution in [3.63, 3.8) is 0 Å². The molecule has 0 fully saturated rings. The summed E-state index contributed by atoms with van der Waals surface area (Å²) in [5.41, 5.74) is 0.867. The molecule has 0 unspecified atom stereocenters. The molecule has 0 aromatic rings. The van der Waals surface area contributed by atoms with Crippen molar-refractivity contribution < 1.29 is 0 Å². The summed E-state index contributed by atoms with van der Waals surface area (Å²) in [6, 6.07) is 0. The maximum Gasteiger partial charge on any atom is 0.00891 e. The first kappa shape index (κ1) is 8.67. The normalized spacial score (nSPS) is 9.56. The van der Waals surface area contributed by atoms with Crippen LogP contribution in [0.3, 0.4) is 0 Å². The fourth-order valence-corrected chi connectivity index (χ4v) is 0.729. The minimum absolute atomic E-state index is 0.867. The lowest BCUT2D eigenvalue weighted by atomic mass is 10.1. The van der Waals surface area contributed by atoms with E-state index < -0.39 is 0 Å². The largest absolute Gasteiger partial charge is 0.310 e. The third kappa shape index (κ3) is 5.54. The van der Waals surface area contributed by atoms with Crippen LogP contribution in [0.25, 0.3) is 0 Å². The van der Waals surface area contributed by atoms with Crippen LogP contribution in [0.2, 0.25) is 0 Å². The van der Waals surface area contributed by atoms with E-state index in [-0.39, 0.29) is 0 Å². The van der Waals surface area contributed by atoms with E-state index in [4.69, 9.17) is 5.41 Å². The van der Waals surface area contributed by atoms with E-state index in [0.29, 0.717) is 0 Å². The van der Waals surface area contributed by atoms with Crippen LogP contribution in [0.4, 0.5) is 0 Å². The molecule has 0 rings (SSSR count). The molecule has 0 saturated heterocycles. The maximum atomic E-state index is 7.35. The van der Waals surface area contributed by atoms with Crippen LogP contribution in [0.1, 0.15) is 39.0 Å². The van der Waals surface area contributed by atoms with Crippen molar-refractivity contribution in [2.45, 2.75) is 39.0 Å². The van der Waals surface area contributed by atoms with Gasteiger partial charge in [-0.2, -0.15) is 0 Å². The van der Waals surface area contributed by atoms with Gasteiger partial charge in [-0.3, -0.25) is 0 Å². The Balaban J connectivity index is 3.06. The SMILES string of the molecule is [CH2]CCC(=N)CCCC. The monoisotopic (exact) mass is 126 g/mol.